The van der Waals surface area contributed by atoms with Gasteiger partial charge in [0.2, 0.25) is 5.91 Å². The van der Waals surface area contributed by atoms with Gasteiger partial charge in [0.1, 0.15) is 5.69 Å². The second kappa shape index (κ2) is 5.27. The number of nitrogens with one attached hydrogen (secondary N) is 1. The summed E-state index contributed by atoms with van der Waals surface area (Å²) in [6.45, 7) is 0. The van der Waals surface area contributed by atoms with Crippen molar-refractivity contribution < 1.29 is 4.79 Å². The van der Waals surface area contributed by atoms with E-state index in [9.17, 15) is 9.59 Å². The zero-order valence-corrected chi connectivity index (χ0v) is 9.72. The molecule has 0 unspecified atom stereocenters. The SMILES string of the molecule is NC(=O)Cc1c[nH]c(=O)c(Cc2ccccc2)n1. The second-order valence-electron chi connectivity index (χ2n) is 3.97. The normalized spacial score (nSPS) is 10.2. The molecule has 1 heterocycles. The number of rotatable bonds is 4. The van der Waals surface area contributed by atoms with Gasteiger partial charge in [-0.15, -0.1) is 0 Å². The van der Waals surface area contributed by atoms with E-state index in [-0.39, 0.29) is 12.0 Å². The van der Waals surface area contributed by atoms with Gasteiger partial charge in [-0.1, -0.05) is 30.3 Å². The average Bonchev–Trinajstić information content (AvgIpc) is 2.34. The van der Waals surface area contributed by atoms with Gasteiger partial charge in [0.15, 0.2) is 0 Å². The van der Waals surface area contributed by atoms with Gasteiger partial charge in [-0.25, -0.2) is 4.98 Å². The largest absolute Gasteiger partial charge is 0.369 e. The van der Waals surface area contributed by atoms with Crippen LogP contribution < -0.4 is 11.3 Å². The number of hydrogen-bond acceptors (Lipinski definition) is 3. The summed E-state index contributed by atoms with van der Waals surface area (Å²) in [6, 6.07) is 9.54. The van der Waals surface area contributed by atoms with Crippen LogP contribution in [0.5, 0.6) is 0 Å². The van der Waals surface area contributed by atoms with E-state index in [1.54, 1.807) is 0 Å². The minimum Gasteiger partial charge on any atom is -0.369 e. The minimum absolute atomic E-state index is 0.0264. The predicted molar refractivity (Wildman–Crippen MR) is 67.0 cm³/mol. The molecule has 0 aliphatic rings. The Bertz CT molecular complexity index is 605. The van der Waals surface area contributed by atoms with Crippen molar-refractivity contribution in [3.8, 4) is 0 Å². The third-order valence-electron chi connectivity index (χ3n) is 2.48. The van der Waals surface area contributed by atoms with Crippen molar-refractivity contribution in [1.82, 2.24) is 9.97 Å². The Morgan fingerprint density at radius 3 is 2.67 bits per heavy atom. The molecule has 92 valence electrons. The Balaban J connectivity index is 2.27. The molecule has 0 bridgehead atoms. The third-order valence-corrected chi connectivity index (χ3v) is 2.48. The first-order chi connectivity index (χ1) is 8.65. The van der Waals surface area contributed by atoms with Gasteiger partial charge >= 0.3 is 0 Å². The molecule has 5 heteroatoms. The molecule has 0 atom stereocenters. The van der Waals surface area contributed by atoms with E-state index in [1.807, 2.05) is 30.3 Å². The second-order valence-corrected chi connectivity index (χ2v) is 3.97. The van der Waals surface area contributed by atoms with Crippen molar-refractivity contribution in [3.63, 3.8) is 0 Å². The van der Waals surface area contributed by atoms with Crippen LogP contribution in [-0.2, 0) is 17.6 Å². The molecule has 0 spiro atoms. The molecular formula is C13H13N3O2. The maximum atomic E-state index is 11.6. The highest BCUT2D eigenvalue weighted by Gasteiger charge is 2.06. The van der Waals surface area contributed by atoms with Crippen molar-refractivity contribution in [2.75, 3.05) is 0 Å². The maximum absolute atomic E-state index is 11.6. The highest BCUT2D eigenvalue weighted by Crippen LogP contribution is 2.04. The van der Waals surface area contributed by atoms with Gasteiger partial charge in [-0.05, 0) is 5.56 Å². The monoisotopic (exact) mass is 243 g/mol. The van der Waals surface area contributed by atoms with Gasteiger partial charge in [-0.3, -0.25) is 9.59 Å². The standard InChI is InChI=1S/C13H13N3O2/c14-12(17)7-10-8-15-13(18)11(16-10)6-9-4-2-1-3-5-9/h1-5,8H,6-7H2,(H2,14,17)(H,15,18). The molecule has 1 aromatic heterocycles. The van der Waals surface area contributed by atoms with Crippen molar-refractivity contribution in [2.45, 2.75) is 12.8 Å². The van der Waals surface area contributed by atoms with Crippen LogP contribution in [0, 0.1) is 0 Å². The molecule has 0 aliphatic carbocycles. The number of hydrogen-bond donors (Lipinski definition) is 2. The number of carbonyl (C=O) groups is 1. The van der Waals surface area contributed by atoms with Crippen molar-refractivity contribution in [1.29, 1.82) is 0 Å². The fourth-order valence-electron chi connectivity index (χ4n) is 1.67. The Morgan fingerprint density at radius 1 is 1.28 bits per heavy atom. The van der Waals surface area contributed by atoms with Crippen LogP contribution in [0.3, 0.4) is 0 Å². The van der Waals surface area contributed by atoms with E-state index < -0.39 is 5.91 Å². The van der Waals surface area contributed by atoms with Gasteiger partial charge in [-0.2, -0.15) is 0 Å². The number of nitrogens with zero attached hydrogens (tertiary/aromatic N) is 1. The molecule has 3 N–H and O–H groups in total. The van der Waals surface area contributed by atoms with Gasteiger partial charge in [0.25, 0.3) is 5.56 Å². The number of aromatic nitrogens is 2. The molecule has 1 amide bonds. The minimum atomic E-state index is -0.472. The molecule has 0 saturated heterocycles. The first-order valence-electron chi connectivity index (χ1n) is 5.55. The summed E-state index contributed by atoms with van der Waals surface area (Å²) >= 11 is 0. The lowest BCUT2D eigenvalue weighted by molar-refractivity contribution is -0.117. The Kier molecular flexibility index (Phi) is 3.52. The summed E-state index contributed by atoms with van der Waals surface area (Å²) in [5.74, 6) is -0.472. The van der Waals surface area contributed by atoms with E-state index in [1.165, 1.54) is 6.20 Å². The van der Waals surface area contributed by atoms with E-state index in [0.717, 1.165) is 5.56 Å². The first-order valence-corrected chi connectivity index (χ1v) is 5.55. The number of primary amides is 1. The Hall–Kier alpha value is -2.43. The molecule has 18 heavy (non-hydrogen) atoms. The fraction of sp³-hybridized carbons (Fsp3) is 0.154. The van der Waals surface area contributed by atoms with Crippen LogP contribution in [0.25, 0.3) is 0 Å². The van der Waals surface area contributed by atoms with E-state index in [0.29, 0.717) is 17.8 Å². The zero-order chi connectivity index (χ0) is 13.0. The summed E-state index contributed by atoms with van der Waals surface area (Å²) < 4.78 is 0. The molecule has 2 aromatic rings. The number of aromatic amines is 1. The lowest BCUT2D eigenvalue weighted by Gasteiger charge is -2.02. The van der Waals surface area contributed by atoms with Crippen LogP contribution >= 0.6 is 0 Å². The van der Waals surface area contributed by atoms with Gasteiger partial charge in [0, 0.05) is 12.6 Å². The quantitative estimate of drug-likeness (QED) is 0.814. The predicted octanol–water partition coefficient (Wildman–Crippen LogP) is 0.388. The lowest BCUT2D eigenvalue weighted by atomic mass is 10.1. The summed E-state index contributed by atoms with van der Waals surface area (Å²) in [4.78, 5) is 29.2. The molecule has 0 radical (unpaired) electrons. The molecular weight excluding hydrogens is 230 g/mol. The third kappa shape index (κ3) is 3.04. The first kappa shape index (κ1) is 12.0. The van der Waals surface area contributed by atoms with Crippen molar-refractivity contribution in [2.24, 2.45) is 5.73 Å². The van der Waals surface area contributed by atoms with Crippen LogP contribution in [0.2, 0.25) is 0 Å². The number of nitrogens with two attached hydrogens (primary N) is 1. The summed E-state index contributed by atoms with van der Waals surface area (Å²) in [7, 11) is 0. The molecule has 2 rings (SSSR count). The van der Waals surface area contributed by atoms with Crippen molar-refractivity contribution >= 4 is 5.91 Å². The fourth-order valence-corrected chi connectivity index (χ4v) is 1.67. The zero-order valence-electron chi connectivity index (χ0n) is 9.72. The van der Waals surface area contributed by atoms with Gasteiger partial charge < -0.3 is 10.7 Å². The number of H-pyrrole nitrogens is 1. The average molecular weight is 243 g/mol. The molecule has 5 nitrogen and oxygen atoms in total. The molecule has 0 aliphatic heterocycles. The smallest absolute Gasteiger partial charge is 0.269 e. The van der Waals surface area contributed by atoms with E-state index in [4.69, 9.17) is 5.73 Å². The van der Waals surface area contributed by atoms with Crippen LogP contribution in [0.1, 0.15) is 17.0 Å². The summed E-state index contributed by atoms with van der Waals surface area (Å²) in [5, 5.41) is 0. The summed E-state index contributed by atoms with van der Waals surface area (Å²) in [6.07, 6.45) is 1.88. The maximum Gasteiger partial charge on any atom is 0.269 e. The topological polar surface area (TPSA) is 88.8 Å². The number of benzene rings is 1. The highest BCUT2D eigenvalue weighted by atomic mass is 16.1. The van der Waals surface area contributed by atoms with Crippen LogP contribution in [0.15, 0.2) is 41.3 Å². The van der Waals surface area contributed by atoms with E-state index in [2.05, 4.69) is 9.97 Å². The lowest BCUT2D eigenvalue weighted by Crippen LogP contribution is -2.20. The van der Waals surface area contributed by atoms with Crippen LogP contribution in [0.4, 0.5) is 0 Å². The molecule has 0 fully saturated rings. The Morgan fingerprint density at radius 2 is 2.00 bits per heavy atom. The molecule has 0 saturated carbocycles. The molecule has 1 aromatic carbocycles. The number of carbonyl (C=O) groups excluding carboxylic acids is 1. The van der Waals surface area contributed by atoms with Crippen LogP contribution in [-0.4, -0.2) is 15.9 Å². The Labute approximate surface area is 104 Å². The summed E-state index contributed by atoms with van der Waals surface area (Å²) in [5.41, 5.74) is 6.71. The van der Waals surface area contributed by atoms with Crippen molar-refractivity contribution in [3.05, 3.63) is 63.8 Å². The van der Waals surface area contributed by atoms with E-state index >= 15 is 0 Å². The highest BCUT2D eigenvalue weighted by molar-refractivity contribution is 5.75. The number of amides is 1. The van der Waals surface area contributed by atoms with Gasteiger partial charge in [0.05, 0.1) is 12.1 Å².